The summed E-state index contributed by atoms with van der Waals surface area (Å²) in [4.78, 5) is 0.118. The highest BCUT2D eigenvalue weighted by atomic mass is 35.7. The van der Waals surface area contributed by atoms with Crippen molar-refractivity contribution < 1.29 is 13.2 Å². The Hall–Kier alpha value is -1.52. The lowest BCUT2D eigenvalue weighted by atomic mass is 10.1. The maximum atomic E-state index is 11.4. The van der Waals surface area contributed by atoms with Crippen molar-refractivity contribution in [3.63, 3.8) is 0 Å². The van der Waals surface area contributed by atoms with Gasteiger partial charge in [0.1, 0.15) is 11.5 Å². The van der Waals surface area contributed by atoms with E-state index in [4.69, 9.17) is 15.4 Å². The Morgan fingerprint density at radius 3 is 2.16 bits per heavy atom. The fourth-order valence-corrected chi connectivity index (χ4v) is 3.01. The maximum Gasteiger partial charge on any atom is 0.261 e. The van der Waals surface area contributed by atoms with Gasteiger partial charge in [-0.2, -0.15) is 0 Å². The third kappa shape index (κ3) is 3.08. The molecular formula is C14H13ClO3S. The first-order valence-electron chi connectivity index (χ1n) is 5.67. The number of benzene rings is 2. The predicted molar refractivity (Wildman–Crippen MR) is 75.5 cm³/mol. The van der Waals surface area contributed by atoms with Crippen LogP contribution in [-0.2, 0) is 9.05 Å². The molecule has 19 heavy (non-hydrogen) atoms. The van der Waals surface area contributed by atoms with Gasteiger partial charge in [-0.25, -0.2) is 8.42 Å². The van der Waals surface area contributed by atoms with Crippen molar-refractivity contribution >= 4 is 19.7 Å². The first-order valence-corrected chi connectivity index (χ1v) is 7.98. The molecule has 0 saturated heterocycles. The van der Waals surface area contributed by atoms with Crippen molar-refractivity contribution in [1.29, 1.82) is 0 Å². The Labute approximate surface area is 117 Å². The van der Waals surface area contributed by atoms with Gasteiger partial charge >= 0.3 is 0 Å². The Morgan fingerprint density at radius 2 is 1.58 bits per heavy atom. The third-order valence-corrected chi connectivity index (χ3v) is 4.39. The van der Waals surface area contributed by atoms with Crippen molar-refractivity contribution in [2.45, 2.75) is 18.7 Å². The predicted octanol–water partition coefficient (Wildman–Crippen LogP) is 4.02. The molecule has 2 aromatic rings. The molecule has 2 rings (SSSR count). The van der Waals surface area contributed by atoms with Gasteiger partial charge in [-0.3, -0.25) is 0 Å². The zero-order valence-corrected chi connectivity index (χ0v) is 12.1. The van der Waals surface area contributed by atoms with Crippen LogP contribution in [0.3, 0.4) is 0 Å². The minimum absolute atomic E-state index is 0.118. The summed E-state index contributed by atoms with van der Waals surface area (Å²) in [6.07, 6.45) is 0. The number of halogens is 1. The Morgan fingerprint density at radius 1 is 0.947 bits per heavy atom. The Balaban J connectivity index is 2.43. The summed E-state index contributed by atoms with van der Waals surface area (Å²) in [6, 6.07) is 12.4. The first kappa shape index (κ1) is 13.9. The summed E-state index contributed by atoms with van der Waals surface area (Å²) in [7, 11) is 1.65. The van der Waals surface area contributed by atoms with E-state index in [1.54, 1.807) is 19.9 Å². The lowest BCUT2D eigenvalue weighted by molar-refractivity contribution is 0.477. The average molecular weight is 297 g/mol. The molecule has 0 radical (unpaired) electrons. The topological polar surface area (TPSA) is 43.4 Å². The Bertz CT molecular complexity index is 694. The summed E-state index contributed by atoms with van der Waals surface area (Å²) < 4.78 is 28.5. The first-order chi connectivity index (χ1) is 8.89. The summed E-state index contributed by atoms with van der Waals surface area (Å²) in [5, 5.41) is 0. The van der Waals surface area contributed by atoms with Crippen molar-refractivity contribution in [1.82, 2.24) is 0 Å². The van der Waals surface area contributed by atoms with Gasteiger partial charge in [-0.1, -0.05) is 18.2 Å². The van der Waals surface area contributed by atoms with Crippen LogP contribution in [-0.4, -0.2) is 8.42 Å². The SMILES string of the molecule is Cc1c(Oc2ccccc2)ccc(S(=O)(=O)Cl)c1C. The minimum atomic E-state index is -3.73. The second-order valence-electron chi connectivity index (χ2n) is 4.16. The van der Waals surface area contributed by atoms with Crippen LogP contribution in [0.5, 0.6) is 11.5 Å². The second kappa shape index (κ2) is 5.23. The van der Waals surface area contributed by atoms with Gasteiger partial charge in [0.15, 0.2) is 0 Å². The molecule has 100 valence electrons. The summed E-state index contributed by atoms with van der Waals surface area (Å²) in [5.41, 5.74) is 1.36. The second-order valence-corrected chi connectivity index (χ2v) is 6.70. The van der Waals surface area contributed by atoms with Crippen LogP contribution in [0.15, 0.2) is 47.4 Å². The van der Waals surface area contributed by atoms with E-state index < -0.39 is 9.05 Å². The van der Waals surface area contributed by atoms with Crippen LogP contribution >= 0.6 is 10.7 Å². The largest absolute Gasteiger partial charge is 0.457 e. The molecule has 0 spiro atoms. The fourth-order valence-electron chi connectivity index (χ4n) is 1.76. The molecule has 0 amide bonds. The number of hydrogen-bond acceptors (Lipinski definition) is 3. The molecule has 0 aromatic heterocycles. The van der Waals surface area contributed by atoms with Crippen molar-refractivity contribution in [3.05, 3.63) is 53.6 Å². The lowest BCUT2D eigenvalue weighted by Gasteiger charge is -2.12. The van der Waals surface area contributed by atoms with Crippen LogP contribution in [0.25, 0.3) is 0 Å². The minimum Gasteiger partial charge on any atom is -0.457 e. The summed E-state index contributed by atoms with van der Waals surface area (Å²) >= 11 is 0. The van der Waals surface area contributed by atoms with E-state index in [-0.39, 0.29) is 4.90 Å². The molecule has 0 aliphatic heterocycles. The van der Waals surface area contributed by atoms with E-state index >= 15 is 0 Å². The molecule has 0 saturated carbocycles. The molecule has 0 N–H and O–H groups in total. The van der Waals surface area contributed by atoms with Crippen LogP contribution in [0, 0.1) is 13.8 Å². The molecule has 0 heterocycles. The van der Waals surface area contributed by atoms with E-state index in [0.717, 1.165) is 5.56 Å². The van der Waals surface area contributed by atoms with Crippen LogP contribution < -0.4 is 4.74 Å². The van der Waals surface area contributed by atoms with Gasteiger partial charge in [0.25, 0.3) is 9.05 Å². The number of ether oxygens (including phenoxy) is 1. The zero-order chi connectivity index (χ0) is 14.0. The smallest absolute Gasteiger partial charge is 0.261 e. The van der Waals surface area contributed by atoms with E-state index in [9.17, 15) is 8.42 Å². The van der Waals surface area contributed by atoms with Gasteiger partial charge in [0.05, 0.1) is 4.90 Å². The Kier molecular flexibility index (Phi) is 3.83. The summed E-state index contributed by atoms with van der Waals surface area (Å²) in [5.74, 6) is 1.32. The molecule has 5 heteroatoms. The number of hydrogen-bond donors (Lipinski definition) is 0. The van der Waals surface area contributed by atoms with E-state index in [1.807, 2.05) is 30.3 Å². The molecule has 2 aromatic carbocycles. The normalized spacial score (nSPS) is 11.3. The molecule has 0 aliphatic carbocycles. The molecule has 3 nitrogen and oxygen atoms in total. The zero-order valence-electron chi connectivity index (χ0n) is 10.6. The lowest BCUT2D eigenvalue weighted by Crippen LogP contribution is -1.98. The van der Waals surface area contributed by atoms with Crippen LogP contribution in [0.2, 0.25) is 0 Å². The number of para-hydroxylation sites is 1. The number of rotatable bonds is 3. The van der Waals surface area contributed by atoms with E-state index in [1.165, 1.54) is 6.07 Å². The molecular weight excluding hydrogens is 284 g/mol. The summed E-state index contributed by atoms with van der Waals surface area (Å²) in [6.45, 7) is 3.52. The van der Waals surface area contributed by atoms with E-state index in [2.05, 4.69) is 0 Å². The van der Waals surface area contributed by atoms with Crippen molar-refractivity contribution in [2.24, 2.45) is 0 Å². The fraction of sp³-hybridized carbons (Fsp3) is 0.143. The molecule has 0 fully saturated rings. The van der Waals surface area contributed by atoms with Gasteiger partial charge < -0.3 is 4.74 Å². The standard InChI is InChI=1S/C14H13ClO3S/c1-10-11(2)14(19(15,16)17)9-8-13(10)18-12-6-4-3-5-7-12/h3-9H,1-2H3. The highest BCUT2D eigenvalue weighted by molar-refractivity contribution is 8.13. The van der Waals surface area contributed by atoms with Crippen molar-refractivity contribution in [2.75, 3.05) is 0 Å². The third-order valence-electron chi connectivity index (χ3n) is 2.92. The monoisotopic (exact) mass is 296 g/mol. The molecule has 0 aliphatic rings. The quantitative estimate of drug-likeness (QED) is 0.803. The van der Waals surface area contributed by atoms with Gasteiger partial charge in [0.2, 0.25) is 0 Å². The van der Waals surface area contributed by atoms with Gasteiger partial charge in [0, 0.05) is 10.7 Å². The average Bonchev–Trinajstić information content (AvgIpc) is 2.35. The van der Waals surface area contributed by atoms with E-state index in [0.29, 0.717) is 17.1 Å². The van der Waals surface area contributed by atoms with Crippen LogP contribution in [0.1, 0.15) is 11.1 Å². The molecule has 0 atom stereocenters. The highest BCUT2D eigenvalue weighted by Crippen LogP contribution is 2.31. The van der Waals surface area contributed by atoms with Crippen molar-refractivity contribution in [3.8, 4) is 11.5 Å². The molecule has 0 unspecified atom stereocenters. The maximum absolute atomic E-state index is 11.4. The van der Waals surface area contributed by atoms with Gasteiger partial charge in [-0.15, -0.1) is 0 Å². The highest BCUT2D eigenvalue weighted by Gasteiger charge is 2.17. The van der Waals surface area contributed by atoms with Gasteiger partial charge in [-0.05, 0) is 49.2 Å². The molecule has 0 bridgehead atoms. The van der Waals surface area contributed by atoms with Crippen LogP contribution in [0.4, 0.5) is 0 Å².